The number of nitrogens with one attached hydrogen (secondary N) is 2. The molecule has 1 aromatic heterocycles. The van der Waals surface area contributed by atoms with Gasteiger partial charge in [-0.1, -0.05) is 19.1 Å². The molecule has 0 aliphatic heterocycles. The Morgan fingerprint density at radius 3 is 2.68 bits per heavy atom. The maximum atomic E-state index is 5.46. The van der Waals surface area contributed by atoms with Crippen molar-refractivity contribution in [3.63, 3.8) is 0 Å². The second-order valence-corrected chi connectivity index (χ2v) is 6.47. The van der Waals surface area contributed by atoms with Gasteiger partial charge in [-0.3, -0.25) is 0 Å². The van der Waals surface area contributed by atoms with E-state index in [0.29, 0.717) is 18.8 Å². The van der Waals surface area contributed by atoms with Crippen LogP contribution in [-0.2, 0) is 19.5 Å². The Balaban J connectivity index is 2.06. The van der Waals surface area contributed by atoms with Crippen LogP contribution >= 0.6 is 11.3 Å². The quantitative estimate of drug-likeness (QED) is 0.558. The molecule has 1 aromatic carbocycles. The summed E-state index contributed by atoms with van der Waals surface area (Å²) < 4.78 is 10.8. The van der Waals surface area contributed by atoms with Gasteiger partial charge in [0.15, 0.2) is 17.5 Å². The van der Waals surface area contributed by atoms with Crippen LogP contribution in [0.1, 0.15) is 29.3 Å². The molecule has 0 atom stereocenters. The minimum atomic E-state index is 0.494. The fraction of sp³-hybridized carbons (Fsp3) is 0.444. The van der Waals surface area contributed by atoms with Gasteiger partial charge in [0.05, 0.1) is 27.3 Å². The molecule has 0 radical (unpaired) electrons. The van der Waals surface area contributed by atoms with E-state index in [1.54, 1.807) is 25.6 Å². The predicted octanol–water partition coefficient (Wildman–Crippen LogP) is 2.98. The first-order valence-electron chi connectivity index (χ1n) is 8.37. The lowest BCUT2D eigenvalue weighted by Crippen LogP contribution is -2.36. The molecule has 0 aliphatic rings. The zero-order valence-corrected chi connectivity index (χ0v) is 16.1. The van der Waals surface area contributed by atoms with Crippen molar-refractivity contribution in [3.8, 4) is 11.5 Å². The molecule has 6 nitrogen and oxygen atoms in total. The van der Waals surface area contributed by atoms with Crippen LogP contribution in [0.3, 0.4) is 0 Å². The van der Waals surface area contributed by atoms with Crippen LogP contribution in [0, 0.1) is 0 Å². The van der Waals surface area contributed by atoms with Gasteiger partial charge in [-0.05, 0) is 19.4 Å². The lowest BCUT2D eigenvalue weighted by atomic mass is 10.2. The lowest BCUT2D eigenvalue weighted by Gasteiger charge is -2.13. The number of guanidine groups is 1. The van der Waals surface area contributed by atoms with Gasteiger partial charge in [-0.15, -0.1) is 11.3 Å². The molecule has 0 aliphatic carbocycles. The predicted molar refractivity (Wildman–Crippen MR) is 103 cm³/mol. The third-order valence-corrected chi connectivity index (χ3v) is 4.73. The van der Waals surface area contributed by atoms with E-state index in [1.807, 2.05) is 31.3 Å². The zero-order valence-electron chi connectivity index (χ0n) is 15.3. The normalized spacial score (nSPS) is 11.3. The van der Waals surface area contributed by atoms with Crippen LogP contribution in [0.25, 0.3) is 0 Å². The molecular formula is C18H26N4O2S. The van der Waals surface area contributed by atoms with Crippen molar-refractivity contribution >= 4 is 17.3 Å². The molecule has 136 valence electrons. The minimum absolute atomic E-state index is 0.494. The van der Waals surface area contributed by atoms with Gasteiger partial charge in [-0.2, -0.15) is 0 Å². The molecule has 2 N–H and O–H groups in total. The van der Waals surface area contributed by atoms with Gasteiger partial charge in [-0.25, -0.2) is 9.98 Å². The van der Waals surface area contributed by atoms with E-state index < -0.39 is 0 Å². The van der Waals surface area contributed by atoms with E-state index in [0.717, 1.165) is 35.2 Å². The van der Waals surface area contributed by atoms with Crippen LogP contribution in [0.15, 0.2) is 29.4 Å². The first-order chi connectivity index (χ1) is 12.2. The van der Waals surface area contributed by atoms with E-state index in [9.17, 15) is 0 Å². The number of hydrogen-bond donors (Lipinski definition) is 2. The second-order valence-electron chi connectivity index (χ2n) is 5.28. The van der Waals surface area contributed by atoms with Crippen molar-refractivity contribution in [1.29, 1.82) is 0 Å². The van der Waals surface area contributed by atoms with Crippen LogP contribution < -0.4 is 20.1 Å². The van der Waals surface area contributed by atoms with Crippen LogP contribution in [-0.4, -0.2) is 31.7 Å². The van der Waals surface area contributed by atoms with Crippen molar-refractivity contribution < 1.29 is 9.47 Å². The molecule has 2 aromatic rings. The summed E-state index contributed by atoms with van der Waals surface area (Å²) in [6.07, 6.45) is 2.95. The highest BCUT2D eigenvalue weighted by molar-refractivity contribution is 7.11. The third-order valence-electron chi connectivity index (χ3n) is 3.59. The summed E-state index contributed by atoms with van der Waals surface area (Å²) in [7, 11) is 3.28. The smallest absolute Gasteiger partial charge is 0.191 e. The number of para-hydroxylation sites is 1. The van der Waals surface area contributed by atoms with E-state index in [4.69, 9.17) is 9.47 Å². The number of aromatic nitrogens is 1. The third kappa shape index (κ3) is 5.35. The topological polar surface area (TPSA) is 67.8 Å². The van der Waals surface area contributed by atoms with Crippen molar-refractivity contribution in [2.45, 2.75) is 33.4 Å². The number of aryl methyl sites for hydroxylation is 1. The highest BCUT2D eigenvalue weighted by Crippen LogP contribution is 2.31. The molecule has 0 amide bonds. The molecule has 0 saturated heterocycles. The standard InChI is InChI=1S/C18H26N4O2S/c1-5-14-11-20-16(25-14)12-22-18(19-6-2)21-10-13-8-7-9-15(23-3)17(13)24-4/h7-9,11H,5-6,10,12H2,1-4H3,(H2,19,21,22). The fourth-order valence-electron chi connectivity index (χ4n) is 2.34. The number of aliphatic imine (C=N–C) groups is 1. The number of thiazole rings is 1. The van der Waals surface area contributed by atoms with E-state index in [1.165, 1.54) is 4.88 Å². The molecule has 25 heavy (non-hydrogen) atoms. The Kier molecular flexibility index (Phi) is 7.53. The van der Waals surface area contributed by atoms with Crippen LogP contribution in [0.2, 0.25) is 0 Å². The van der Waals surface area contributed by atoms with Gasteiger partial charge in [0.2, 0.25) is 0 Å². The van der Waals surface area contributed by atoms with E-state index >= 15 is 0 Å². The summed E-state index contributed by atoms with van der Waals surface area (Å²) in [4.78, 5) is 10.4. The second kappa shape index (κ2) is 9.88. The first kappa shape index (κ1) is 19.1. The van der Waals surface area contributed by atoms with Crippen molar-refractivity contribution in [1.82, 2.24) is 15.6 Å². The maximum Gasteiger partial charge on any atom is 0.191 e. The summed E-state index contributed by atoms with van der Waals surface area (Å²) in [5.41, 5.74) is 0.974. The molecular weight excluding hydrogens is 336 g/mol. The first-order valence-corrected chi connectivity index (χ1v) is 9.19. The van der Waals surface area contributed by atoms with Crippen molar-refractivity contribution in [2.24, 2.45) is 4.99 Å². The number of nitrogens with zero attached hydrogens (tertiary/aromatic N) is 2. The Morgan fingerprint density at radius 2 is 2.04 bits per heavy atom. The Bertz CT molecular complexity index is 700. The molecule has 1 heterocycles. The number of hydrogen-bond acceptors (Lipinski definition) is 5. The number of methoxy groups -OCH3 is 2. The van der Waals surface area contributed by atoms with Gasteiger partial charge in [0.1, 0.15) is 5.01 Å². The fourth-order valence-corrected chi connectivity index (χ4v) is 3.14. The Labute approximate surface area is 153 Å². The molecule has 0 bridgehead atoms. The van der Waals surface area contributed by atoms with Gasteiger partial charge in [0.25, 0.3) is 0 Å². The largest absolute Gasteiger partial charge is 0.493 e. The van der Waals surface area contributed by atoms with E-state index in [2.05, 4.69) is 27.5 Å². The number of ether oxygens (including phenoxy) is 2. The molecule has 7 heteroatoms. The highest BCUT2D eigenvalue weighted by Gasteiger charge is 2.09. The number of benzene rings is 1. The Hall–Kier alpha value is -2.28. The molecule has 0 spiro atoms. The minimum Gasteiger partial charge on any atom is -0.493 e. The van der Waals surface area contributed by atoms with Gasteiger partial charge >= 0.3 is 0 Å². The number of rotatable bonds is 8. The van der Waals surface area contributed by atoms with E-state index in [-0.39, 0.29) is 0 Å². The molecule has 0 saturated carbocycles. The maximum absolute atomic E-state index is 5.46. The van der Waals surface area contributed by atoms with Gasteiger partial charge < -0.3 is 20.1 Å². The van der Waals surface area contributed by atoms with Crippen LogP contribution in [0.4, 0.5) is 0 Å². The molecule has 0 fully saturated rings. The summed E-state index contributed by atoms with van der Waals surface area (Å²) in [6.45, 7) is 6.12. The zero-order chi connectivity index (χ0) is 18.1. The molecule has 0 unspecified atom stereocenters. The monoisotopic (exact) mass is 362 g/mol. The lowest BCUT2D eigenvalue weighted by molar-refractivity contribution is 0.352. The average Bonchev–Trinajstić information content (AvgIpc) is 3.11. The van der Waals surface area contributed by atoms with Gasteiger partial charge in [0, 0.05) is 23.2 Å². The highest BCUT2D eigenvalue weighted by atomic mass is 32.1. The van der Waals surface area contributed by atoms with Crippen LogP contribution in [0.5, 0.6) is 11.5 Å². The van der Waals surface area contributed by atoms with Crippen molar-refractivity contribution in [3.05, 3.63) is 39.8 Å². The summed E-state index contributed by atoms with van der Waals surface area (Å²) in [6, 6.07) is 5.81. The molecule has 2 rings (SSSR count). The average molecular weight is 362 g/mol. The SMILES string of the molecule is CCNC(=NCc1cccc(OC)c1OC)NCc1ncc(CC)s1. The summed E-state index contributed by atoms with van der Waals surface area (Å²) >= 11 is 1.73. The summed E-state index contributed by atoms with van der Waals surface area (Å²) in [5.74, 6) is 2.18. The van der Waals surface area contributed by atoms with Crippen molar-refractivity contribution in [2.75, 3.05) is 20.8 Å². The Morgan fingerprint density at radius 1 is 1.20 bits per heavy atom. The summed E-state index contributed by atoms with van der Waals surface area (Å²) in [5, 5.41) is 7.64.